The van der Waals surface area contributed by atoms with E-state index in [0.29, 0.717) is 12.5 Å². The highest BCUT2D eigenvalue weighted by molar-refractivity contribution is 5.80. The molecule has 6 nitrogen and oxygen atoms in total. The molecule has 1 atom stereocenters. The Labute approximate surface area is 169 Å². The van der Waals surface area contributed by atoms with Gasteiger partial charge in [-0.2, -0.15) is 0 Å². The third-order valence-corrected chi connectivity index (χ3v) is 5.38. The number of ether oxygens (including phenoxy) is 2. The first-order valence-corrected chi connectivity index (χ1v) is 10.8. The van der Waals surface area contributed by atoms with Crippen molar-refractivity contribution in [3.8, 4) is 0 Å². The van der Waals surface area contributed by atoms with Crippen LogP contribution in [0.15, 0.2) is 35.3 Å². The summed E-state index contributed by atoms with van der Waals surface area (Å²) in [5.74, 6) is 1.65. The van der Waals surface area contributed by atoms with Crippen LogP contribution < -0.4 is 5.32 Å². The molecule has 6 heteroatoms. The maximum absolute atomic E-state index is 5.95. The molecule has 1 aromatic rings. The molecule has 0 aliphatic carbocycles. The third kappa shape index (κ3) is 7.08. The van der Waals surface area contributed by atoms with Gasteiger partial charge in [-0.05, 0) is 25.3 Å². The Balaban J connectivity index is 1.37. The van der Waals surface area contributed by atoms with E-state index < -0.39 is 0 Å². The fourth-order valence-electron chi connectivity index (χ4n) is 3.81. The van der Waals surface area contributed by atoms with Gasteiger partial charge < -0.3 is 19.7 Å². The van der Waals surface area contributed by atoms with Crippen LogP contribution in [0.2, 0.25) is 0 Å². The third-order valence-electron chi connectivity index (χ3n) is 5.38. The summed E-state index contributed by atoms with van der Waals surface area (Å²) in [4.78, 5) is 9.75. The fourth-order valence-corrected chi connectivity index (χ4v) is 3.81. The largest absolute Gasteiger partial charge is 0.379 e. The SMILES string of the molecule is CCNC(=NCCCN1CCOCC1)N1CCC(COCc2ccccc2)C1. The first-order valence-electron chi connectivity index (χ1n) is 10.8. The molecular formula is C22H36N4O2. The first-order chi connectivity index (χ1) is 13.8. The number of hydrogen-bond donors (Lipinski definition) is 1. The predicted molar refractivity (Wildman–Crippen MR) is 114 cm³/mol. The van der Waals surface area contributed by atoms with Gasteiger partial charge in [-0.15, -0.1) is 0 Å². The first kappa shape index (κ1) is 21.1. The highest BCUT2D eigenvalue weighted by atomic mass is 16.5. The van der Waals surface area contributed by atoms with Crippen LogP contribution in [0.5, 0.6) is 0 Å². The second-order valence-electron chi connectivity index (χ2n) is 7.64. The van der Waals surface area contributed by atoms with Crippen LogP contribution in [0.4, 0.5) is 0 Å². The van der Waals surface area contributed by atoms with E-state index in [4.69, 9.17) is 14.5 Å². The molecule has 1 N–H and O–H groups in total. The smallest absolute Gasteiger partial charge is 0.193 e. The zero-order valence-electron chi connectivity index (χ0n) is 17.3. The summed E-state index contributed by atoms with van der Waals surface area (Å²) < 4.78 is 11.4. The summed E-state index contributed by atoms with van der Waals surface area (Å²) in [6.07, 6.45) is 2.28. The molecule has 2 aliphatic heterocycles. The number of rotatable bonds is 9. The highest BCUT2D eigenvalue weighted by Gasteiger charge is 2.25. The molecule has 0 amide bonds. The molecule has 0 saturated carbocycles. The molecule has 2 saturated heterocycles. The van der Waals surface area contributed by atoms with Gasteiger partial charge in [0.1, 0.15) is 0 Å². The summed E-state index contributed by atoms with van der Waals surface area (Å²) >= 11 is 0. The van der Waals surface area contributed by atoms with E-state index in [9.17, 15) is 0 Å². The molecule has 2 aliphatic rings. The fraction of sp³-hybridized carbons (Fsp3) is 0.682. The average molecular weight is 389 g/mol. The number of hydrogen-bond acceptors (Lipinski definition) is 4. The van der Waals surface area contributed by atoms with Crippen molar-refractivity contribution >= 4 is 5.96 Å². The molecule has 0 aromatic heterocycles. The molecule has 0 bridgehead atoms. The lowest BCUT2D eigenvalue weighted by atomic mass is 10.1. The number of nitrogens with one attached hydrogen (secondary N) is 1. The molecule has 1 aromatic carbocycles. The van der Waals surface area contributed by atoms with Gasteiger partial charge in [0.2, 0.25) is 0 Å². The van der Waals surface area contributed by atoms with Crippen LogP contribution >= 0.6 is 0 Å². The number of morpholine rings is 1. The number of nitrogens with zero attached hydrogens (tertiary/aromatic N) is 3. The summed E-state index contributed by atoms with van der Waals surface area (Å²) in [6, 6.07) is 10.4. The Morgan fingerprint density at radius 3 is 2.82 bits per heavy atom. The van der Waals surface area contributed by atoms with Crippen molar-refractivity contribution in [3.05, 3.63) is 35.9 Å². The van der Waals surface area contributed by atoms with Gasteiger partial charge in [0.25, 0.3) is 0 Å². The minimum Gasteiger partial charge on any atom is -0.379 e. The van der Waals surface area contributed by atoms with Gasteiger partial charge in [-0.25, -0.2) is 0 Å². The minimum atomic E-state index is 0.584. The molecule has 156 valence electrons. The van der Waals surface area contributed by atoms with E-state index >= 15 is 0 Å². The standard InChI is InChI=1S/C22H36N4O2/c1-2-23-22(24-10-6-11-25-13-15-27-16-14-25)26-12-9-21(17-26)19-28-18-20-7-4-3-5-8-20/h3-5,7-8,21H,2,6,9-19H2,1H3,(H,23,24). The second kappa shape index (κ2) is 12.0. The Hall–Kier alpha value is -1.63. The van der Waals surface area contributed by atoms with Crippen molar-refractivity contribution in [2.75, 3.05) is 65.6 Å². The molecular weight excluding hydrogens is 352 g/mol. The zero-order valence-corrected chi connectivity index (χ0v) is 17.3. The predicted octanol–water partition coefficient (Wildman–Crippen LogP) is 2.21. The topological polar surface area (TPSA) is 49.3 Å². The van der Waals surface area contributed by atoms with Crippen LogP contribution in [0.1, 0.15) is 25.3 Å². The van der Waals surface area contributed by atoms with Crippen LogP contribution in [0.3, 0.4) is 0 Å². The van der Waals surface area contributed by atoms with E-state index in [1.807, 2.05) is 6.07 Å². The minimum absolute atomic E-state index is 0.584. The molecule has 1 unspecified atom stereocenters. The summed E-state index contributed by atoms with van der Waals surface area (Å²) in [6.45, 7) is 12.5. The van der Waals surface area contributed by atoms with Crippen molar-refractivity contribution in [2.24, 2.45) is 10.9 Å². The highest BCUT2D eigenvalue weighted by Crippen LogP contribution is 2.17. The number of likely N-dealkylation sites (tertiary alicyclic amines) is 1. The Bertz CT molecular complexity index is 575. The van der Waals surface area contributed by atoms with Crippen LogP contribution in [-0.2, 0) is 16.1 Å². The van der Waals surface area contributed by atoms with Gasteiger partial charge in [-0.1, -0.05) is 30.3 Å². The van der Waals surface area contributed by atoms with Crippen LogP contribution in [-0.4, -0.2) is 81.4 Å². The Kier molecular flexibility index (Phi) is 9.07. The molecule has 2 fully saturated rings. The van der Waals surface area contributed by atoms with E-state index in [1.54, 1.807) is 0 Å². The van der Waals surface area contributed by atoms with Gasteiger partial charge in [0.05, 0.1) is 26.4 Å². The summed E-state index contributed by atoms with van der Waals surface area (Å²) in [5, 5.41) is 3.47. The second-order valence-corrected chi connectivity index (χ2v) is 7.64. The van der Waals surface area contributed by atoms with Crippen LogP contribution in [0.25, 0.3) is 0 Å². The average Bonchev–Trinajstić information content (AvgIpc) is 3.21. The van der Waals surface area contributed by atoms with E-state index in [2.05, 4.69) is 46.3 Å². The monoisotopic (exact) mass is 388 g/mol. The lowest BCUT2D eigenvalue weighted by Gasteiger charge is -2.26. The number of aliphatic imine (C=N–C) groups is 1. The van der Waals surface area contributed by atoms with Crippen LogP contribution in [0, 0.1) is 5.92 Å². The summed E-state index contributed by atoms with van der Waals surface area (Å²) in [7, 11) is 0. The van der Waals surface area contributed by atoms with Gasteiger partial charge >= 0.3 is 0 Å². The van der Waals surface area contributed by atoms with E-state index in [1.165, 1.54) is 12.0 Å². The quantitative estimate of drug-likeness (QED) is 0.399. The van der Waals surface area contributed by atoms with Crippen molar-refractivity contribution in [1.82, 2.24) is 15.1 Å². The normalized spacial score (nSPS) is 21.2. The zero-order chi connectivity index (χ0) is 19.4. The van der Waals surface area contributed by atoms with Crippen molar-refractivity contribution < 1.29 is 9.47 Å². The molecule has 3 rings (SSSR count). The van der Waals surface area contributed by atoms with Crippen molar-refractivity contribution in [3.63, 3.8) is 0 Å². The lowest BCUT2D eigenvalue weighted by molar-refractivity contribution is 0.0377. The molecule has 2 heterocycles. The van der Waals surface area contributed by atoms with Gasteiger partial charge in [0.15, 0.2) is 5.96 Å². The molecule has 0 radical (unpaired) electrons. The molecule has 28 heavy (non-hydrogen) atoms. The van der Waals surface area contributed by atoms with Crippen molar-refractivity contribution in [2.45, 2.75) is 26.4 Å². The van der Waals surface area contributed by atoms with Crippen molar-refractivity contribution in [1.29, 1.82) is 0 Å². The molecule has 0 spiro atoms. The Morgan fingerprint density at radius 2 is 2.04 bits per heavy atom. The maximum Gasteiger partial charge on any atom is 0.193 e. The maximum atomic E-state index is 5.95. The van der Waals surface area contributed by atoms with Gasteiger partial charge in [0, 0.05) is 51.7 Å². The number of guanidine groups is 1. The van der Waals surface area contributed by atoms with E-state index in [0.717, 1.165) is 78.0 Å². The van der Waals surface area contributed by atoms with Gasteiger partial charge in [-0.3, -0.25) is 9.89 Å². The summed E-state index contributed by atoms with van der Waals surface area (Å²) in [5.41, 5.74) is 1.24. The van der Waals surface area contributed by atoms with E-state index in [-0.39, 0.29) is 0 Å². The Morgan fingerprint density at radius 1 is 1.21 bits per heavy atom. The number of benzene rings is 1. The lowest BCUT2D eigenvalue weighted by Crippen LogP contribution is -2.40.